The van der Waals surface area contributed by atoms with Crippen LogP contribution in [0.3, 0.4) is 0 Å². The van der Waals surface area contributed by atoms with Crippen molar-refractivity contribution in [3.8, 4) is 0 Å². The van der Waals surface area contributed by atoms with Crippen molar-refractivity contribution in [1.29, 1.82) is 0 Å². The number of aromatic carboxylic acids is 1. The lowest BCUT2D eigenvalue weighted by molar-refractivity contribution is 0.0656. The zero-order valence-electron chi connectivity index (χ0n) is 14.8. The second-order valence-corrected chi connectivity index (χ2v) is 8.30. The summed E-state index contributed by atoms with van der Waals surface area (Å²) in [4.78, 5) is 25.7. The lowest BCUT2D eigenvalue weighted by Crippen LogP contribution is -2.50. The molecule has 2 aromatic rings. The molecule has 142 valence electrons. The molecule has 0 unspecified atom stereocenters. The van der Waals surface area contributed by atoms with Gasteiger partial charge >= 0.3 is 5.97 Å². The second-order valence-electron chi connectivity index (χ2n) is 6.36. The van der Waals surface area contributed by atoms with Crippen molar-refractivity contribution in [2.24, 2.45) is 0 Å². The van der Waals surface area contributed by atoms with Crippen molar-refractivity contribution in [2.75, 3.05) is 26.2 Å². The highest BCUT2D eigenvalue weighted by molar-refractivity contribution is 7.89. The Balaban J connectivity index is 1.74. The van der Waals surface area contributed by atoms with E-state index in [9.17, 15) is 23.1 Å². The molecular formula is C19H20N2O5S. The SMILES string of the molecule is Cc1cccc(S(=O)(=O)N2CCN(C(=O)c3ccccc3C(=O)O)CC2)c1. The maximum atomic E-state index is 12.8. The monoisotopic (exact) mass is 388 g/mol. The first-order valence-corrected chi connectivity index (χ1v) is 9.93. The fourth-order valence-electron chi connectivity index (χ4n) is 3.08. The van der Waals surface area contributed by atoms with Gasteiger partial charge in [0.15, 0.2) is 0 Å². The summed E-state index contributed by atoms with van der Waals surface area (Å²) in [7, 11) is -3.62. The van der Waals surface area contributed by atoms with Gasteiger partial charge in [0.05, 0.1) is 16.0 Å². The number of carboxylic acid groups (broad SMARTS) is 1. The standard InChI is InChI=1S/C19H20N2O5S/c1-14-5-4-6-15(13-14)27(25,26)21-11-9-20(10-12-21)18(22)16-7-2-3-8-17(16)19(23)24/h2-8,13H,9-12H2,1H3,(H,23,24). The quantitative estimate of drug-likeness (QED) is 0.862. The Kier molecular flexibility index (Phi) is 5.29. The average molecular weight is 388 g/mol. The molecule has 0 bridgehead atoms. The van der Waals surface area contributed by atoms with E-state index in [4.69, 9.17) is 0 Å². The number of piperazine rings is 1. The van der Waals surface area contributed by atoms with Crippen LogP contribution in [0.5, 0.6) is 0 Å². The van der Waals surface area contributed by atoms with E-state index in [0.717, 1.165) is 5.56 Å². The Labute approximate surface area is 157 Å². The van der Waals surface area contributed by atoms with Crippen LogP contribution in [0, 0.1) is 6.92 Å². The molecule has 0 aromatic heterocycles. The van der Waals surface area contributed by atoms with E-state index in [1.54, 1.807) is 30.3 Å². The summed E-state index contributed by atoms with van der Waals surface area (Å²) in [6.45, 7) is 2.57. The number of aryl methyl sites for hydroxylation is 1. The normalized spacial score (nSPS) is 15.5. The van der Waals surface area contributed by atoms with E-state index in [1.807, 2.05) is 13.0 Å². The Morgan fingerprint density at radius 1 is 0.926 bits per heavy atom. The van der Waals surface area contributed by atoms with Gasteiger partial charge in [-0.1, -0.05) is 24.3 Å². The summed E-state index contributed by atoms with van der Waals surface area (Å²) in [5.74, 6) is -1.57. The van der Waals surface area contributed by atoms with E-state index in [0.29, 0.717) is 0 Å². The Morgan fingerprint density at radius 2 is 1.56 bits per heavy atom. The third kappa shape index (κ3) is 3.86. The van der Waals surface area contributed by atoms with Gasteiger partial charge in [0, 0.05) is 26.2 Å². The largest absolute Gasteiger partial charge is 0.478 e. The Morgan fingerprint density at radius 3 is 2.15 bits per heavy atom. The molecule has 0 atom stereocenters. The highest BCUT2D eigenvalue weighted by Crippen LogP contribution is 2.20. The number of benzene rings is 2. The van der Waals surface area contributed by atoms with Crippen LogP contribution in [-0.4, -0.2) is 60.8 Å². The highest BCUT2D eigenvalue weighted by atomic mass is 32.2. The van der Waals surface area contributed by atoms with Gasteiger partial charge in [0.25, 0.3) is 5.91 Å². The van der Waals surface area contributed by atoms with Crippen LogP contribution in [0.15, 0.2) is 53.4 Å². The summed E-state index contributed by atoms with van der Waals surface area (Å²) in [6.07, 6.45) is 0. The number of amides is 1. The maximum Gasteiger partial charge on any atom is 0.336 e. The fourth-order valence-corrected chi connectivity index (χ4v) is 4.61. The molecule has 1 amide bonds. The number of sulfonamides is 1. The van der Waals surface area contributed by atoms with Crippen molar-refractivity contribution < 1.29 is 23.1 Å². The minimum Gasteiger partial charge on any atom is -0.478 e. The van der Waals surface area contributed by atoms with Crippen molar-refractivity contribution in [3.05, 3.63) is 65.2 Å². The van der Waals surface area contributed by atoms with Crippen molar-refractivity contribution >= 4 is 21.9 Å². The van der Waals surface area contributed by atoms with Crippen LogP contribution < -0.4 is 0 Å². The van der Waals surface area contributed by atoms with Gasteiger partial charge < -0.3 is 10.0 Å². The summed E-state index contributed by atoms with van der Waals surface area (Å²) < 4.78 is 26.9. The zero-order chi connectivity index (χ0) is 19.6. The number of carboxylic acids is 1. The molecule has 1 saturated heterocycles. The Bertz CT molecular complexity index is 979. The van der Waals surface area contributed by atoms with Gasteiger partial charge in [-0.3, -0.25) is 4.79 Å². The third-order valence-electron chi connectivity index (χ3n) is 4.54. The van der Waals surface area contributed by atoms with Crippen molar-refractivity contribution in [2.45, 2.75) is 11.8 Å². The molecule has 1 N–H and O–H groups in total. The molecule has 1 heterocycles. The molecule has 1 aliphatic heterocycles. The summed E-state index contributed by atoms with van der Waals surface area (Å²) in [5, 5.41) is 9.25. The number of hydrogen-bond donors (Lipinski definition) is 1. The number of carbonyl (C=O) groups excluding carboxylic acids is 1. The van der Waals surface area contributed by atoms with E-state index < -0.39 is 21.9 Å². The second kappa shape index (κ2) is 7.50. The number of hydrogen-bond acceptors (Lipinski definition) is 4. The molecule has 8 heteroatoms. The summed E-state index contributed by atoms with van der Waals surface area (Å²) in [5.41, 5.74) is 0.910. The minimum absolute atomic E-state index is 0.0580. The predicted octanol–water partition coefficient (Wildman–Crippen LogP) is 1.84. The van der Waals surface area contributed by atoms with Crippen LogP contribution >= 0.6 is 0 Å². The molecule has 2 aromatic carbocycles. The first kappa shape index (κ1) is 19.1. The predicted molar refractivity (Wildman–Crippen MR) is 99.2 cm³/mol. The molecular weight excluding hydrogens is 368 g/mol. The fraction of sp³-hybridized carbons (Fsp3) is 0.263. The molecule has 7 nitrogen and oxygen atoms in total. The first-order valence-electron chi connectivity index (χ1n) is 8.49. The number of nitrogens with zero attached hydrogens (tertiary/aromatic N) is 2. The van der Waals surface area contributed by atoms with Crippen LogP contribution in [0.1, 0.15) is 26.3 Å². The highest BCUT2D eigenvalue weighted by Gasteiger charge is 2.31. The lowest BCUT2D eigenvalue weighted by Gasteiger charge is -2.34. The van der Waals surface area contributed by atoms with Crippen LogP contribution in [0.2, 0.25) is 0 Å². The van der Waals surface area contributed by atoms with E-state index in [1.165, 1.54) is 21.3 Å². The third-order valence-corrected chi connectivity index (χ3v) is 6.44. The van der Waals surface area contributed by atoms with E-state index in [2.05, 4.69) is 0 Å². The molecule has 0 aliphatic carbocycles. The minimum atomic E-state index is -3.62. The van der Waals surface area contributed by atoms with Crippen LogP contribution in [-0.2, 0) is 10.0 Å². The van der Waals surface area contributed by atoms with Gasteiger partial charge in [-0.25, -0.2) is 13.2 Å². The lowest BCUT2D eigenvalue weighted by atomic mass is 10.1. The van der Waals surface area contributed by atoms with Crippen molar-refractivity contribution in [3.63, 3.8) is 0 Å². The Hall–Kier alpha value is -2.71. The first-order chi connectivity index (χ1) is 12.8. The van der Waals surface area contributed by atoms with Gasteiger partial charge in [0.1, 0.15) is 0 Å². The number of carbonyl (C=O) groups is 2. The molecule has 3 rings (SSSR count). The van der Waals surface area contributed by atoms with E-state index in [-0.39, 0.29) is 42.2 Å². The average Bonchev–Trinajstić information content (AvgIpc) is 2.67. The van der Waals surface area contributed by atoms with Gasteiger partial charge in [-0.05, 0) is 36.8 Å². The molecule has 0 saturated carbocycles. The zero-order valence-corrected chi connectivity index (χ0v) is 15.6. The van der Waals surface area contributed by atoms with Crippen LogP contribution in [0.4, 0.5) is 0 Å². The molecule has 1 aliphatic rings. The number of rotatable bonds is 4. The van der Waals surface area contributed by atoms with Crippen molar-refractivity contribution in [1.82, 2.24) is 9.21 Å². The van der Waals surface area contributed by atoms with Gasteiger partial charge in [-0.2, -0.15) is 4.31 Å². The molecule has 1 fully saturated rings. The summed E-state index contributed by atoms with van der Waals surface area (Å²) in [6, 6.07) is 12.7. The molecule has 27 heavy (non-hydrogen) atoms. The smallest absolute Gasteiger partial charge is 0.336 e. The molecule has 0 radical (unpaired) electrons. The van der Waals surface area contributed by atoms with Gasteiger partial charge in [0.2, 0.25) is 10.0 Å². The van der Waals surface area contributed by atoms with Crippen LogP contribution in [0.25, 0.3) is 0 Å². The maximum absolute atomic E-state index is 12.8. The van der Waals surface area contributed by atoms with Gasteiger partial charge in [-0.15, -0.1) is 0 Å². The summed E-state index contributed by atoms with van der Waals surface area (Å²) >= 11 is 0. The topological polar surface area (TPSA) is 95.0 Å². The van der Waals surface area contributed by atoms with E-state index >= 15 is 0 Å². The molecule has 0 spiro atoms.